The van der Waals surface area contributed by atoms with E-state index in [0.29, 0.717) is 21.9 Å². The summed E-state index contributed by atoms with van der Waals surface area (Å²) < 4.78 is 1.71. The molecule has 3 aromatic heterocycles. The van der Waals surface area contributed by atoms with Crippen molar-refractivity contribution in [2.75, 3.05) is 11.9 Å². The number of benzene rings is 2. The van der Waals surface area contributed by atoms with Gasteiger partial charge in [-0.05, 0) is 36.6 Å². The summed E-state index contributed by atoms with van der Waals surface area (Å²) in [5.74, 6) is 0.670. The zero-order valence-corrected chi connectivity index (χ0v) is 18.5. The molecule has 0 saturated carbocycles. The van der Waals surface area contributed by atoms with Crippen molar-refractivity contribution >= 4 is 39.2 Å². The monoisotopic (exact) mass is 457 g/mol. The van der Waals surface area contributed by atoms with Crippen molar-refractivity contribution < 1.29 is 0 Å². The van der Waals surface area contributed by atoms with Gasteiger partial charge in [0, 0.05) is 17.9 Å². The molecule has 3 N–H and O–H groups in total. The number of aromatic nitrogens is 5. The third-order valence-corrected chi connectivity index (χ3v) is 6.29. The van der Waals surface area contributed by atoms with Gasteiger partial charge in [-0.25, -0.2) is 9.97 Å². The lowest BCUT2D eigenvalue weighted by Gasteiger charge is -2.22. The van der Waals surface area contributed by atoms with E-state index >= 15 is 0 Å². The van der Waals surface area contributed by atoms with E-state index in [2.05, 4.69) is 30.8 Å². The van der Waals surface area contributed by atoms with Crippen LogP contribution >= 0.6 is 11.6 Å². The quantitative estimate of drug-likeness (QED) is 0.342. The lowest BCUT2D eigenvalue weighted by molar-refractivity contribution is 0.774. The molecule has 1 fully saturated rings. The molecule has 9 heteroatoms. The SMILES string of the molecule is CC(Nc1ncnc2n[nH]c(C3CN3)c12)c1cc2cccc(Cl)c2c(=O)n1-c1ccccc1. The summed E-state index contributed by atoms with van der Waals surface area (Å²) in [5, 5.41) is 16.8. The smallest absolute Gasteiger partial charge is 0.264 e. The van der Waals surface area contributed by atoms with Gasteiger partial charge in [-0.2, -0.15) is 5.10 Å². The minimum atomic E-state index is -0.255. The van der Waals surface area contributed by atoms with Gasteiger partial charge in [0.2, 0.25) is 0 Å². The molecule has 6 rings (SSSR count). The summed E-state index contributed by atoms with van der Waals surface area (Å²) in [4.78, 5) is 22.4. The number of para-hydroxylation sites is 1. The van der Waals surface area contributed by atoms with Gasteiger partial charge in [-0.1, -0.05) is 41.9 Å². The predicted molar refractivity (Wildman–Crippen MR) is 129 cm³/mol. The Morgan fingerprint density at radius 2 is 1.94 bits per heavy atom. The number of nitrogens with zero attached hydrogens (tertiary/aromatic N) is 4. The average Bonchev–Trinajstić information content (AvgIpc) is 3.58. The first kappa shape index (κ1) is 19.9. The minimum absolute atomic E-state index is 0.160. The fourth-order valence-electron chi connectivity index (χ4n) is 4.28. The maximum Gasteiger partial charge on any atom is 0.264 e. The molecule has 1 saturated heterocycles. The number of anilines is 1. The van der Waals surface area contributed by atoms with Gasteiger partial charge < -0.3 is 10.6 Å². The Hall–Kier alpha value is -3.75. The highest BCUT2D eigenvalue weighted by Crippen LogP contribution is 2.33. The van der Waals surface area contributed by atoms with E-state index < -0.39 is 0 Å². The number of nitrogens with one attached hydrogen (secondary N) is 3. The van der Waals surface area contributed by atoms with Gasteiger partial charge in [0.15, 0.2) is 5.65 Å². The van der Waals surface area contributed by atoms with Crippen LogP contribution in [-0.2, 0) is 0 Å². The van der Waals surface area contributed by atoms with Gasteiger partial charge in [-0.3, -0.25) is 14.5 Å². The minimum Gasteiger partial charge on any atom is -0.361 e. The Balaban J connectivity index is 1.52. The molecule has 4 heterocycles. The normalized spacial score (nSPS) is 16.2. The van der Waals surface area contributed by atoms with E-state index in [9.17, 15) is 4.79 Å². The van der Waals surface area contributed by atoms with Crippen molar-refractivity contribution in [3.05, 3.63) is 87.7 Å². The summed E-state index contributed by atoms with van der Waals surface area (Å²) in [6, 6.07) is 17.0. The highest BCUT2D eigenvalue weighted by Gasteiger charge is 2.29. The van der Waals surface area contributed by atoms with E-state index in [-0.39, 0.29) is 17.6 Å². The lowest BCUT2D eigenvalue weighted by atomic mass is 10.1. The Morgan fingerprint density at radius 3 is 2.73 bits per heavy atom. The molecule has 33 heavy (non-hydrogen) atoms. The largest absolute Gasteiger partial charge is 0.361 e. The van der Waals surface area contributed by atoms with E-state index in [1.165, 1.54) is 6.33 Å². The fraction of sp³-hybridized carbons (Fsp3) is 0.167. The predicted octanol–water partition coefficient (Wildman–Crippen LogP) is 4.13. The number of pyridine rings is 1. The third-order valence-electron chi connectivity index (χ3n) is 5.97. The molecule has 0 bridgehead atoms. The Morgan fingerprint density at radius 1 is 1.12 bits per heavy atom. The molecule has 2 atom stereocenters. The highest BCUT2D eigenvalue weighted by molar-refractivity contribution is 6.35. The molecule has 0 aliphatic carbocycles. The van der Waals surface area contributed by atoms with Crippen LogP contribution in [-0.4, -0.2) is 31.3 Å². The number of fused-ring (bicyclic) bond motifs is 2. The Kier molecular flexibility index (Phi) is 4.63. The molecule has 0 amide bonds. The number of H-pyrrole nitrogens is 1. The number of rotatable bonds is 5. The van der Waals surface area contributed by atoms with Crippen LogP contribution in [0.5, 0.6) is 0 Å². The number of halogens is 1. The van der Waals surface area contributed by atoms with E-state index in [0.717, 1.165) is 34.4 Å². The van der Waals surface area contributed by atoms with Crippen LogP contribution < -0.4 is 16.2 Å². The molecule has 2 aromatic carbocycles. The molecule has 0 radical (unpaired) electrons. The molecule has 5 aromatic rings. The van der Waals surface area contributed by atoms with Crippen LogP contribution in [0, 0.1) is 0 Å². The Bertz CT molecular complexity index is 1560. The van der Waals surface area contributed by atoms with Crippen LogP contribution in [0.1, 0.15) is 30.4 Å². The molecule has 164 valence electrons. The standard InChI is InChI=1S/C24H20ClN7O/c1-13(29-22-20-21(17-11-26-17)30-31-23(20)28-12-27-22)18-10-14-6-5-9-16(25)19(14)24(33)32(18)15-7-3-2-4-8-15/h2-10,12-13,17,26H,11H2,1H3,(H2,27,28,29,30,31). The number of hydrogen-bond acceptors (Lipinski definition) is 6. The molecular formula is C24H20ClN7O. The molecule has 2 unspecified atom stereocenters. The average molecular weight is 458 g/mol. The molecule has 1 aliphatic rings. The van der Waals surface area contributed by atoms with Gasteiger partial charge in [0.05, 0.1) is 33.6 Å². The highest BCUT2D eigenvalue weighted by atomic mass is 35.5. The molecule has 1 aliphatic heterocycles. The lowest BCUT2D eigenvalue weighted by Crippen LogP contribution is -2.25. The molecular weight excluding hydrogens is 438 g/mol. The van der Waals surface area contributed by atoms with Crippen molar-refractivity contribution in [1.82, 2.24) is 30.0 Å². The second-order valence-electron chi connectivity index (χ2n) is 8.13. The summed E-state index contributed by atoms with van der Waals surface area (Å²) in [5.41, 5.74) is 2.97. The first-order chi connectivity index (χ1) is 16.1. The van der Waals surface area contributed by atoms with Crippen molar-refractivity contribution in [1.29, 1.82) is 0 Å². The van der Waals surface area contributed by atoms with Gasteiger partial charge >= 0.3 is 0 Å². The van der Waals surface area contributed by atoms with Crippen molar-refractivity contribution in [2.45, 2.75) is 19.0 Å². The Labute approximate surface area is 193 Å². The summed E-state index contributed by atoms with van der Waals surface area (Å²) >= 11 is 6.43. The summed E-state index contributed by atoms with van der Waals surface area (Å²) in [6.45, 7) is 2.90. The van der Waals surface area contributed by atoms with Crippen LogP contribution in [0.25, 0.3) is 27.5 Å². The van der Waals surface area contributed by atoms with Crippen LogP contribution in [0.4, 0.5) is 5.82 Å². The van der Waals surface area contributed by atoms with Gasteiger partial charge in [0.25, 0.3) is 5.56 Å². The second kappa shape index (κ2) is 7.68. The number of hydrogen-bond donors (Lipinski definition) is 3. The van der Waals surface area contributed by atoms with E-state index in [1.807, 2.05) is 55.5 Å². The zero-order chi connectivity index (χ0) is 22.5. The van der Waals surface area contributed by atoms with Gasteiger partial charge in [0.1, 0.15) is 12.1 Å². The third kappa shape index (κ3) is 3.35. The topological polar surface area (TPSA) is 110 Å². The molecule has 8 nitrogen and oxygen atoms in total. The van der Waals surface area contributed by atoms with Gasteiger partial charge in [-0.15, -0.1) is 0 Å². The zero-order valence-electron chi connectivity index (χ0n) is 17.7. The van der Waals surface area contributed by atoms with E-state index in [4.69, 9.17) is 11.6 Å². The fourth-order valence-corrected chi connectivity index (χ4v) is 4.55. The van der Waals surface area contributed by atoms with Crippen LogP contribution in [0.3, 0.4) is 0 Å². The maximum atomic E-state index is 13.7. The van der Waals surface area contributed by atoms with Crippen molar-refractivity contribution in [3.8, 4) is 5.69 Å². The van der Waals surface area contributed by atoms with Crippen molar-refractivity contribution in [3.63, 3.8) is 0 Å². The number of aromatic amines is 1. The van der Waals surface area contributed by atoms with Crippen LogP contribution in [0.15, 0.2) is 65.7 Å². The van der Waals surface area contributed by atoms with Crippen LogP contribution in [0.2, 0.25) is 5.02 Å². The summed E-state index contributed by atoms with van der Waals surface area (Å²) in [6.07, 6.45) is 1.49. The second-order valence-corrected chi connectivity index (χ2v) is 8.54. The summed E-state index contributed by atoms with van der Waals surface area (Å²) in [7, 11) is 0. The van der Waals surface area contributed by atoms with E-state index in [1.54, 1.807) is 10.6 Å². The first-order valence-corrected chi connectivity index (χ1v) is 11.1. The first-order valence-electron chi connectivity index (χ1n) is 10.7. The van der Waals surface area contributed by atoms with Crippen molar-refractivity contribution in [2.24, 2.45) is 0 Å². The molecule has 0 spiro atoms. The maximum absolute atomic E-state index is 13.7.